The van der Waals surface area contributed by atoms with Gasteiger partial charge in [-0.2, -0.15) is 0 Å². The molecule has 0 aliphatic heterocycles. The van der Waals surface area contributed by atoms with Crippen LogP contribution in [-0.2, 0) is 14.3 Å². The number of rotatable bonds is 6. The third-order valence-corrected chi connectivity index (χ3v) is 5.85. The fourth-order valence-corrected chi connectivity index (χ4v) is 3.19. The molecule has 0 saturated heterocycles. The van der Waals surface area contributed by atoms with Crippen LogP contribution in [0.4, 0.5) is 0 Å². The number of benzene rings is 2. The fraction of sp³-hybridized carbons (Fsp3) is 0.240. The van der Waals surface area contributed by atoms with Crippen molar-refractivity contribution in [3.63, 3.8) is 0 Å². The second kappa shape index (κ2) is 19.5. The van der Waals surface area contributed by atoms with Gasteiger partial charge in [-0.1, -0.05) is 56.1 Å². The molecule has 206 valence electrons. The molecule has 0 fully saturated rings. The van der Waals surface area contributed by atoms with E-state index in [1.807, 2.05) is 36.4 Å². The molecule has 38 heavy (non-hydrogen) atoms. The molecule has 3 aromatic rings. The highest BCUT2D eigenvalue weighted by atomic mass is 79.9. The second-order valence-corrected chi connectivity index (χ2v) is 9.41. The summed E-state index contributed by atoms with van der Waals surface area (Å²) in [6.45, 7) is 4.22. The second-order valence-electron chi connectivity index (χ2n) is 6.76. The summed E-state index contributed by atoms with van der Waals surface area (Å²) in [5, 5.41) is 6.89. The lowest BCUT2D eigenvalue weighted by molar-refractivity contribution is -0.134. The SMILES string of the molecule is CCOC(=O)C(=N)SC.CCOC(=O)c1ncc(-c2ccc(Br)cc2)[nH]1.Cl.NCC(=O)c1ccc(Br)cc1. The molecule has 0 radical (unpaired) electrons. The maximum atomic E-state index is 11.4. The number of imidazole rings is 1. The van der Waals surface area contributed by atoms with Crippen LogP contribution in [0.3, 0.4) is 0 Å². The lowest BCUT2D eigenvalue weighted by Crippen LogP contribution is -2.13. The van der Waals surface area contributed by atoms with E-state index in [1.54, 1.807) is 38.4 Å². The van der Waals surface area contributed by atoms with Gasteiger partial charge in [-0.15, -0.1) is 24.2 Å². The topological polar surface area (TPSA) is 148 Å². The van der Waals surface area contributed by atoms with Crippen molar-refractivity contribution in [1.82, 2.24) is 9.97 Å². The molecule has 9 nitrogen and oxygen atoms in total. The van der Waals surface area contributed by atoms with Crippen molar-refractivity contribution >= 4 is 78.8 Å². The Hall–Kier alpha value is -2.51. The number of Topliss-reactive ketones (excluding diaryl/α,β-unsaturated/α-hetero) is 1. The minimum absolute atomic E-state index is 0. The van der Waals surface area contributed by atoms with Crippen LogP contribution in [0.15, 0.2) is 63.7 Å². The number of hydrogen-bond donors (Lipinski definition) is 3. The van der Waals surface area contributed by atoms with Crippen molar-refractivity contribution in [1.29, 1.82) is 5.41 Å². The molecule has 0 aliphatic carbocycles. The minimum Gasteiger partial charge on any atom is -0.461 e. The van der Waals surface area contributed by atoms with Crippen LogP contribution in [0, 0.1) is 5.41 Å². The van der Waals surface area contributed by atoms with Crippen LogP contribution in [0.25, 0.3) is 11.3 Å². The Balaban J connectivity index is 0.000000570. The number of aromatic nitrogens is 2. The van der Waals surface area contributed by atoms with Crippen molar-refractivity contribution in [2.75, 3.05) is 26.0 Å². The number of carbonyl (C=O) groups is 3. The number of H-pyrrole nitrogens is 1. The van der Waals surface area contributed by atoms with E-state index >= 15 is 0 Å². The van der Waals surface area contributed by atoms with Crippen LogP contribution >= 0.6 is 56.0 Å². The molecule has 3 rings (SSSR count). The summed E-state index contributed by atoms with van der Waals surface area (Å²) in [7, 11) is 0. The Bertz CT molecular complexity index is 1180. The first kappa shape index (κ1) is 35.5. The van der Waals surface area contributed by atoms with E-state index in [4.69, 9.17) is 15.9 Å². The maximum Gasteiger partial charge on any atom is 0.374 e. The smallest absolute Gasteiger partial charge is 0.374 e. The van der Waals surface area contributed by atoms with E-state index in [2.05, 4.69) is 46.6 Å². The number of aromatic amines is 1. The van der Waals surface area contributed by atoms with E-state index < -0.39 is 11.9 Å². The van der Waals surface area contributed by atoms with Crippen molar-refractivity contribution in [3.8, 4) is 11.3 Å². The molecule has 0 saturated carbocycles. The van der Waals surface area contributed by atoms with Crippen LogP contribution in [0.2, 0.25) is 0 Å². The molecular weight excluding hydrogens is 664 g/mol. The number of thioether (sulfide) groups is 1. The third-order valence-electron chi connectivity index (χ3n) is 4.22. The number of esters is 2. The minimum atomic E-state index is -0.537. The standard InChI is InChI=1S/C12H11BrN2O2.C8H8BrNO.C5H9NO2S.ClH/c1-2-17-12(16)11-14-7-10(15-11)8-3-5-9(13)6-4-8;9-7-3-1-6(2-4-7)8(11)5-10;1-3-8-5(7)4(6)9-2;/h3-7H,2H2,1H3,(H,14,15);1-4H,5,10H2;6H,3H2,1-2H3;1H. The molecule has 0 spiro atoms. The molecule has 0 aliphatic rings. The van der Waals surface area contributed by atoms with Gasteiger partial charge < -0.3 is 20.2 Å². The van der Waals surface area contributed by atoms with E-state index in [-0.39, 0.29) is 35.6 Å². The van der Waals surface area contributed by atoms with Gasteiger partial charge in [0.25, 0.3) is 0 Å². The molecule has 0 unspecified atom stereocenters. The number of nitrogens with two attached hydrogens (primary N) is 1. The zero-order chi connectivity index (χ0) is 27.8. The average molecular weight is 693 g/mol. The number of ketones is 1. The zero-order valence-electron chi connectivity index (χ0n) is 21.0. The molecule has 4 N–H and O–H groups in total. The molecule has 1 aromatic heterocycles. The predicted octanol–water partition coefficient (Wildman–Crippen LogP) is 5.92. The summed E-state index contributed by atoms with van der Waals surface area (Å²) in [6, 6.07) is 14.9. The fourth-order valence-electron chi connectivity index (χ4n) is 2.43. The third kappa shape index (κ3) is 12.8. The van der Waals surface area contributed by atoms with Gasteiger partial charge in [0, 0.05) is 14.5 Å². The van der Waals surface area contributed by atoms with Gasteiger partial charge in [0.2, 0.25) is 5.82 Å². The van der Waals surface area contributed by atoms with Crippen LogP contribution in [0.1, 0.15) is 34.8 Å². The maximum absolute atomic E-state index is 11.4. The van der Waals surface area contributed by atoms with Crippen molar-refractivity contribution in [2.45, 2.75) is 13.8 Å². The van der Waals surface area contributed by atoms with Gasteiger partial charge in [-0.05, 0) is 49.9 Å². The lowest BCUT2D eigenvalue weighted by Gasteiger charge is -1.98. The highest BCUT2D eigenvalue weighted by molar-refractivity contribution is 9.10. The lowest BCUT2D eigenvalue weighted by atomic mass is 10.1. The number of ether oxygens (including phenoxy) is 2. The Kier molecular flexibility index (Phi) is 18.3. The van der Waals surface area contributed by atoms with Crippen molar-refractivity contribution < 1.29 is 23.9 Å². The van der Waals surface area contributed by atoms with Crippen LogP contribution < -0.4 is 5.73 Å². The highest BCUT2D eigenvalue weighted by Crippen LogP contribution is 2.20. The largest absolute Gasteiger partial charge is 0.461 e. The van der Waals surface area contributed by atoms with E-state index in [0.717, 1.165) is 32.0 Å². The number of hydrogen-bond acceptors (Lipinski definition) is 9. The Morgan fingerprint density at radius 1 is 0.974 bits per heavy atom. The van der Waals surface area contributed by atoms with Crippen molar-refractivity contribution in [3.05, 3.63) is 75.1 Å². The van der Waals surface area contributed by atoms with Crippen LogP contribution in [-0.4, -0.2) is 58.7 Å². The van der Waals surface area contributed by atoms with Gasteiger partial charge >= 0.3 is 11.9 Å². The zero-order valence-corrected chi connectivity index (χ0v) is 25.8. The number of nitrogens with one attached hydrogen (secondary N) is 2. The van der Waals surface area contributed by atoms with E-state index in [9.17, 15) is 14.4 Å². The van der Waals surface area contributed by atoms with E-state index in [0.29, 0.717) is 18.8 Å². The predicted molar refractivity (Wildman–Crippen MR) is 160 cm³/mol. The van der Waals surface area contributed by atoms with Gasteiger partial charge in [0.05, 0.1) is 31.6 Å². The normalized spacial score (nSPS) is 9.42. The first-order chi connectivity index (χ1) is 17.7. The summed E-state index contributed by atoms with van der Waals surface area (Å²) < 4.78 is 11.3. The Morgan fingerprint density at radius 2 is 1.50 bits per heavy atom. The summed E-state index contributed by atoms with van der Waals surface area (Å²) in [5.74, 6) is -0.775. The van der Waals surface area contributed by atoms with Gasteiger partial charge in [0.15, 0.2) is 10.8 Å². The first-order valence-electron chi connectivity index (χ1n) is 10.9. The summed E-state index contributed by atoms with van der Waals surface area (Å²) in [6.07, 6.45) is 3.29. The molecular formula is C25H29Br2ClN4O5S. The van der Waals surface area contributed by atoms with Crippen molar-refractivity contribution in [2.24, 2.45) is 5.73 Å². The summed E-state index contributed by atoms with van der Waals surface area (Å²) >= 11 is 7.72. The Morgan fingerprint density at radius 3 is 1.97 bits per heavy atom. The molecule has 0 atom stereocenters. The Labute approximate surface area is 248 Å². The number of nitrogens with zero attached hydrogens (tertiary/aromatic N) is 1. The van der Waals surface area contributed by atoms with E-state index in [1.165, 1.54) is 0 Å². The monoisotopic (exact) mass is 690 g/mol. The van der Waals surface area contributed by atoms with Gasteiger partial charge in [-0.25, -0.2) is 14.6 Å². The average Bonchev–Trinajstić information content (AvgIpc) is 3.40. The summed E-state index contributed by atoms with van der Waals surface area (Å²) in [4.78, 5) is 39.8. The van der Waals surface area contributed by atoms with Gasteiger partial charge in [0.1, 0.15) is 0 Å². The first-order valence-corrected chi connectivity index (χ1v) is 13.7. The quantitative estimate of drug-likeness (QED) is 0.125. The summed E-state index contributed by atoms with van der Waals surface area (Å²) in [5.41, 5.74) is 7.60. The van der Waals surface area contributed by atoms with Gasteiger partial charge in [-0.3, -0.25) is 10.2 Å². The van der Waals surface area contributed by atoms with Crippen LogP contribution in [0.5, 0.6) is 0 Å². The number of halogens is 3. The molecule has 0 amide bonds. The number of carbonyl (C=O) groups excluding carboxylic acids is 3. The molecule has 1 heterocycles. The highest BCUT2D eigenvalue weighted by Gasteiger charge is 2.11. The molecule has 2 aromatic carbocycles. The molecule has 13 heteroatoms. The molecule has 0 bridgehead atoms.